The number of anilines is 1. The van der Waals surface area contributed by atoms with Crippen molar-refractivity contribution in [2.75, 3.05) is 19.3 Å². The molecule has 1 unspecified atom stereocenters. The van der Waals surface area contributed by atoms with Crippen molar-refractivity contribution < 1.29 is 14.3 Å². The number of carbonyl (C=O) groups is 2. The van der Waals surface area contributed by atoms with Gasteiger partial charge in [-0.05, 0) is 18.6 Å². The summed E-state index contributed by atoms with van der Waals surface area (Å²) in [5, 5.41) is 0. The second-order valence-electron chi connectivity index (χ2n) is 4.48. The van der Waals surface area contributed by atoms with E-state index in [2.05, 4.69) is 0 Å². The van der Waals surface area contributed by atoms with Crippen molar-refractivity contribution in [2.45, 2.75) is 19.4 Å². The van der Waals surface area contributed by atoms with Gasteiger partial charge in [-0.1, -0.05) is 12.1 Å². The fraction of sp³-hybridized carbons (Fsp3) is 0.385. The van der Waals surface area contributed by atoms with Gasteiger partial charge in [0.25, 0.3) is 5.91 Å². The zero-order chi connectivity index (χ0) is 13.3. The molecular formula is C13H16N2O3. The zero-order valence-corrected chi connectivity index (χ0v) is 10.5. The van der Waals surface area contributed by atoms with Gasteiger partial charge < -0.3 is 15.4 Å². The van der Waals surface area contributed by atoms with Gasteiger partial charge in [-0.15, -0.1) is 0 Å². The van der Waals surface area contributed by atoms with Crippen LogP contribution in [0.25, 0.3) is 0 Å². The van der Waals surface area contributed by atoms with Gasteiger partial charge in [-0.3, -0.25) is 4.79 Å². The van der Waals surface area contributed by atoms with Crippen LogP contribution in [-0.4, -0.2) is 36.5 Å². The molecule has 1 saturated heterocycles. The van der Waals surface area contributed by atoms with Gasteiger partial charge in [0.15, 0.2) is 6.10 Å². The third kappa shape index (κ3) is 2.16. The molecule has 1 atom stereocenters. The lowest BCUT2D eigenvalue weighted by atomic mass is 10.1. The molecule has 18 heavy (non-hydrogen) atoms. The van der Waals surface area contributed by atoms with E-state index in [1.807, 2.05) is 13.0 Å². The number of likely N-dealkylation sites (N-methyl/N-ethyl adjacent to an activating group) is 1. The number of hydrogen-bond acceptors (Lipinski definition) is 4. The van der Waals surface area contributed by atoms with E-state index in [9.17, 15) is 9.59 Å². The average molecular weight is 248 g/mol. The number of likely N-dealkylation sites (tertiary alicyclic amines) is 1. The first-order chi connectivity index (χ1) is 8.50. The van der Waals surface area contributed by atoms with Gasteiger partial charge in [0.05, 0.1) is 5.56 Å². The molecule has 1 amide bonds. The van der Waals surface area contributed by atoms with E-state index in [0.717, 1.165) is 5.56 Å². The molecule has 0 bridgehead atoms. The lowest BCUT2D eigenvalue weighted by Crippen LogP contribution is -2.29. The van der Waals surface area contributed by atoms with Crippen LogP contribution in [-0.2, 0) is 9.53 Å². The fourth-order valence-corrected chi connectivity index (χ4v) is 1.95. The first-order valence-corrected chi connectivity index (χ1v) is 5.81. The molecule has 0 spiro atoms. The Balaban J connectivity index is 2.13. The first kappa shape index (κ1) is 12.4. The minimum atomic E-state index is -0.678. The monoisotopic (exact) mass is 248 g/mol. The van der Waals surface area contributed by atoms with Crippen LogP contribution < -0.4 is 5.73 Å². The number of nitrogens with zero attached hydrogens (tertiary/aromatic N) is 1. The average Bonchev–Trinajstić information content (AvgIpc) is 2.64. The van der Waals surface area contributed by atoms with Crippen molar-refractivity contribution in [1.29, 1.82) is 0 Å². The minimum absolute atomic E-state index is 0.158. The van der Waals surface area contributed by atoms with Crippen LogP contribution in [0.2, 0.25) is 0 Å². The molecule has 5 nitrogen and oxygen atoms in total. The lowest BCUT2D eigenvalue weighted by molar-refractivity contribution is -0.133. The Kier molecular flexibility index (Phi) is 3.23. The third-order valence-corrected chi connectivity index (χ3v) is 3.17. The molecule has 96 valence electrons. The summed E-state index contributed by atoms with van der Waals surface area (Å²) in [5.74, 6) is -0.695. The number of carbonyl (C=O) groups excluding carboxylic acids is 2. The Morgan fingerprint density at radius 1 is 1.50 bits per heavy atom. The number of nitrogen functional groups attached to an aromatic ring is 1. The maximum Gasteiger partial charge on any atom is 0.341 e. The molecule has 2 rings (SSSR count). The van der Waals surface area contributed by atoms with Crippen LogP contribution in [0.1, 0.15) is 22.3 Å². The van der Waals surface area contributed by atoms with Gasteiger partial charge in [0.1, 0.15) is 0 Å². The van der Waals surface area contributed by atoms with Gasteiger partial charge in [0, 0.05) is 25.7 Å². The number of ether oxygens (including phenoxy) is 1. The summed E-state index contributed by atoms with van der Waals surface area (Å²) in [6.45, 7) is 2.43. The fourth-order valence-electron chi connectivity index (χ4n) is 1.95. The number of amides is 1. The van der Waals surface area contributed by atoms with Crippen LogP contribution in [0.4, 0.5) is 5.69 Å². The number of para-hydroxylation sites is 1. The highest BCUT2D eigenvalue weighted by molar-refractivity contribution is 5.97. The summed E-state index contributed by atoms with van der Waals surface area (Å²) < 4.78 is 5.21. The van der Waals surface area contributed by atoms with Crippen molar-refractivity contribution in [2.24, 2.45) is 0 Å². The minimum Gasteiger partial charge on any atom is -0.449 e. The normalized spacial score (nSPS) is 19.1. The molecular weight excluding hydrogens is 232 g/mol. The van der Waals surface area contributed by atoms with Gasteiger partial charge in [-0.25, -0.2) is 4.79 Å². The van der Waals surface area contributed by atoms with E-state index in [1.54, 1.807) is 24.1 Å². The molecule has 5 heteroatoms. The number of benzene rings is 1. The molecule has 0 radical (unpaired) electrons. The highest BCUT2D eigenvalue weighted by Gasteiger charge is 2.32. The van der Waals surface area contributed by atoms with E-state index < -0.39 is 12.1 Å². The molecule has 1 aromatic carbocycles. The summed E-state index contributed by atoms with van der Waals surface area (Å²) in [7, 11) is 1.69. The second kappa shape index (κ2) is 4.68. The molecule has 0 aliphatic carbocycles. The standard InChI is InChI=1S/C13H16N2O3/c1-8-4-3-5-9(11(8)14)13(17)18-10-6-7-15(2)12(10)16/h3-5,10H,6-7,14H2,1-2H3. The summed E-state index contributed by atoms with van der Waals surface area (Å²) in [5.41, 5.74) is 7.36. The van der Waals surface area contributed by atoms with E-state index >= 15 is 0 Å². The van der Waals surface area contributed by atoms with Crippen LogP contribution >= 0.6 is 0 Å². The largest absolute Gasteiger partial charge is 0.449 e. The van der Waals surface area contributed by atoms with Crippen molar-refractivity contribution in [3.63, 3.8) is 0 Å². The Labute approximate surface area is 106 Å². The van der Waals surface area contributed by atoms with E-state index in [4.69, 9.17) is 10.5 Å². The summed E-state index contributed by atoms with van der Waals surface area (Å²) >= 11 is 0. The van der Waals surface area contributed by atoms with Crippen LogP contribution in [0, 0.1) is 6.92 Å². The number of nitrogens with two attached hydrogens (primary N) is 1. The lowest BCUT2D eigenvalue weighted by Gasteiger charge is -2.13. The number of rotatable bonds is 2. The zero-order valence-electron chi connectivity index (χ0n) is 10.5. The summed E-state index contributed by atoms with van der Waals surface area (Å²) in [4.78, 5) is 25.1. The Hall–Kier alpha value is -2.04. The molecule has 1 aliphatic heterocycles. The third-order valence-electron chi connectivity index (χ3n) is 3.17. The summed E-state index contributed by atoms with van der Waals surface area (Å²) in [6, 6.07) is 5.17. The maximum atomic E-state index is 12.0. The smallest absolute Gasteiger partial charge is 0.341 e. The molecule has 1 aromatic rings. The van der Waals surface area contributed by atoms with Crippen LogP contribution in [0.5, 0.6) is 0 Å². The highest BCUT2D eigenvalue weighted by Crippen LogP contribution is 2.20. The molecule has 1 aliphatic rings. The van der Waals surface area contributed by atoms with Gasteiger partial charge in [-0.2, -0.15) is 0 Å². The van der Waals surface area contributed by atoms with Crippen molar-refractivity contribution in [3.05, 3.63) is 29.3 Å². The van der Waals surface area contributed by atoms with Gasteiger partial charge in [0.2, 0.25) is 0 Å². The topological polar surface area (TPSA) is 72.6 Å². The Bertz CT molecular complexity index is 499. The molecule has 2 N–H and O–H groups in total. The Morgan fingerprint density at radius 3 is 2.83 bits per heavy atom. The van der Waals surface area contributed by atoms with E-state index in [-0.39, 0.29) is 5.91 Å². The van der Waals surface area contributed by atoms with E-state index in [1.165, 1.54) is 0 Å². The van der Waals surface area contributed by atoms with E-state index in [0.29, 0.717) is 24.2 Å². The SMILES string of the molecule is Cc1cccc(C(=O)OC2CCN(C)C2=O)c1N. The predicted octanol–water partition coefficient (Wildman–Crippen LogP) is 0.965. The van der Waals surface area contributed by atoms with Gasteiger partial charge >= 0.3 is 5.97 Å². The van der Waals surface area contributed by atoms with Crippen molar-refractivity contribution >= 4 is 17.6 Å². The molecule has 1 heterocycles. The number of esters is 1. The van der Waals surface area contributed by atoms with Crippen LogP contribution in [0.3, 0.4) is 0 Å². The first-order valence-electron chi connectivity index (χ1n) is 5.81. The molecule has 0 saturated carbocycles. The highest BCUT2D eigenvalue weighted by atomic mass is 16.5. The molecule has 0 aromatic heterocycles. The molecule has 1 fully saturated rings. The quantitative estimate of drug-likeness (QED) is 0.625. The Morgan fingerprint density at radius 2 is 2.22 bits per heavy atom. The predicted molar refractivity (Wildman–Crippen MR) is 67.0 cm³/mol. The maximum absolute atomic E-state index is 12.0. The number of aryl methyl sites for hydroxylation is 1. The van der Waals surface area contributed by atoms with Crippen molar-refractivity contribution in [1.82, 2.24) is 4.90 Å². The second-order valence-corrected chi connectivity index (χ2v) is 4.48. The van der Waals surface area contributed by atoms with Crippen molar-refractivity contribution in [3.8, 4) is 0 Å². The summed E-state index contributed by atoms with van der Waals surface area (Å²) in [6.07, 6.45) is -0.144. The van der Waals surface area contributed by atoms with Crippen LogP contribution in [0.15, 0.2) is 18.2 Å². The number of hydrogen-bond donors (Lipinski definition) is 1.